The van der Waals surface area contributed by atoms with Gasteiger partial charge >= 0.3 is 0 Å². The average Bonchev–Trinajstić information content (AvgIpc) is 2.98. The lowest BCUT2D eigenvalue weighted by molar-refractivity contribution is 0.440. The van der Waals surface area contributed by atoms with Gasteiger partial charge in [-0.2, -0.15) is 5.10 Å². The molecule has 0 atom stereocenters. The van der Waals surface area contributed by atoms with Crippen LogP contribution in [0.4, 0.5) is 0 Å². The van der Waals surface area contributed by atoms with Gasteiger partial charge in [-0.15, -0.1) is 0 Å². The number of nitrogens with one attached hydrogen (secondary N) is 2. The Kier molecular flexibility index (Phi) is 2.73. The smallest absolute Gasteiger partial charge is 0.0586 e. The summed E-state index contributed by atoms with van der Waals surface area (Å²) in [6.45, 7) is 2.22. The van der Waals surface area contributed by atoms with Crippen LogP contribution in [0.2, 0.25) is 0 Å². The zero-order valence-corrected chi connectivity index (χ0v) is 10.1. The Bertz CT molecular complexity index is 477. The van der Waals surface area contributed by atoms with Gasteiger partial charge in [0, 0.05) is 30.4 Å². The number of hydrogen-bond donors (Lipinski definition) is 2. The van der Waals surface area contributed by atoms with Crippen LogP contribution in [0.15, 0.2) is 24.5 Å². The summed E-state index contributed by atoms with van der Waals surface area (Å²) in [6.07, 6.45) is 6.35. The quantitative estimate of drug-likeness (QED) is 0.827. The van der Waals surface area contributed by atoms with Gasteiger partial charge in [-0.1, -0.05) is 0 Å². The molecule has 0 saturated carbocycles. The molecule has 1 aliphatic rings. The van der Waals surface area contributed by atoms with Crippen LogP contribution in [-0.2, 0) is 7.05 Å². The van der Waals surface area contributed by atoms with Crippen molar-refractivity contribution in [3.63, 3.8) is 0 Å². The van der Waals surface area contributed by atoms with E-state index in [2.05, 4.69) is 21.5 Å². The number of piperidine rings is 1. The Morgan fingerprint density at radius 2 is 2.18 bits per heavy atom. The summed E-state index contributed by atoms with van der Waals surface area (Å²) in [5.74, 6) is 0.627. The Morgan fingerprint density at radius 1 is 1.35 bits per heavy atom. The van der Waals surface area contributed by atoms with Crippen LogP contribution >= 0.6 is 0 Å². The molecular weight excluding hydrogens is 212 g/mol. The first-order valence-electron chi connectivity index (χ1n) is 6.22. The molecule has 4 nitrogen and oxygen atoms in total. The largest absolute Gasteiger partial charge is 0.361 e. The molecule has 17 heavy (non-hydrogen) atoms. The minimum atomic E-state index is 0.627. The van der Waals surface area contributed by atoms with Gasteiger partial charge in [-0.25, -0.2) is 0 Å². The number of nitrogens with zero attached hydrogens (tertiary/aromatic N) is 2. The van der Waals surface area contributed by atoms with Crippen LogP contribution in [0.5, 0.6) is 0 Å². The third kappa shape index (κ3) is 1.89. The van der Waals surface area contributed by atoms with Crippen molar-refractivity contribution in [3.05, 3.63) is 30.2 Å². The molecule has 0 bridgehead atoms. The van der Waals surface area contributed by atoms with Crippen LogP contribution in [0, 0.1) is 0 Å². The summed E-state index contributed by atoms with van der Waals surface area (Å²) in [5, 5.41) is 7.84. The molecule has 3 heterocycles. The molecule has 90 valence electrons. The highest BCUT2D eigenvalue weighted by Crippen LogP contribution is 2.32. The van der Waals surface area contributed by atoms with E-state index in [9.17, 15) is 0 Å². The summed E-state index contributed by atoms with van der Waals surface area (Å²) in [5.41, 5.74) is 3.80. The van der Waals surface area contributed by atoms with Crippen molar-refractivity contribution in [3.8, 4) is 11.3 Å². The monoisotopic (exact) mass is 230 g/mol. The van der Waals surface area contributed by atoms with E-state index in [4.69, 9.17) is 0 Å². The van der Waals surface area contributed by atoms with E-state index in [0.717, 1.165) is 13.1 Å². The van der Waals surface area contributed by atoms with Crippen molar-refractivity contribution in [1.82, 2.24) is 20.1 Å². The minimum Gasteiger partial charge on any atom is -0.361 e. The molecule has 0 spiro atoms. The lowest BCUT2D eigenvalue weighted by Gasteiger charge is -2.23. The lowest BCUT2D eigenvalue weighted by atomic mass is 9.91. The standard InChI is InChI=1S/C13H18N4/c1-17-13(10-4-7-14-8-5-10)11(9-16-17)12-3-2-6-15-12/h2-3,6,9-10,14-15H,4-5,7-8H2,1H3. The molecule has 4 heteroatoms. The number of aryl methyl sites for hydroxylation is 1. The van der Waals surface area contributed by atoms with E-state index in [1.807, 2.05) is 30.2 Å². The van der Waals surface area contributed by atoms with E-state index < -0.39 is 0 Å². The normalized spacial score (nSPS) is 17.5. The van der Waals surface area contributed by atoms with Gasteiger partial charge in [0.2, 0.25) is 0 Å². The van der Waals surface area contributed by atoms with Crippen LogP contribution in [0.25, 0.3) is 11.3 Å². The van der Waals surface area contributed by atoms with Crippen molar-refractivity contribution in [2.75, 3.05) is 13.1 Å². The molecule has 1 saturated heterocycles. The summed E-state index contributed by atoms with van der Waals surface area (Å²) in [6, 6.07) is 4.15. The zero-order chi connectivity index (χ0) is 11.7. The Hall–Kier alpha value is -1.55. The molecule has 0 amide bonds. The predicted molar refractivity (Wildman–Crippen MR) is 67.8 cm³/mol. The summed E-state index contributed by atoms with van der Waals surface area (Å²) < 4.78 is 2.03. The fourth-order valence-corrected chi connectivity index (χ4v) is 2.73. The lowest BCUT2D eigenvalue weighted by Crippen LogP contribution is -2.27. The van der Waals surface area contributed by atoms with Crippen molar-refractivity contribution < 1.29 is 0 Å². The number of hydrogen-bond acceptors (Lipinski definition) is 2. The van der Waals surface area contributed by atoms with E-state index in [1.165, 1.54) is 29.8 Å². The molecule has 0 unspecified atom stereocenters. The van der Waals surface area contributed by atoms with Crippen molar-refractivity contribution in [2.24, 2.45) is 7.05 Å². The predicted octanol–water partition coefficient (Wildman–Crippen LogP) is 1.88. The third-order valence-corrected chi connectivity index (χ3v) is 3.60. The number of aromatic amines is 1. The minimum absolute atomic E-state index is 0.627. The molecular formula is C13H18N4. The third-order valence-electron chi connectivity index (χ3n) is 3.60. The van der Waals surface area contributed by atoms with Crippen molar-refractivity contribution in [1.29, 1.82) is 0 Å². The van der Waals surface area contributed by atoms with Gasteiger partial charge < -0.3 is 10.3 Å². The summed E-state index contributed by atoms with van der Waals surface area (Å²) in [4.78, 5) is 3.28. The Balaban J connectivity index is 2.00. The second-order valence-electron chi connectivity index (χ2n) is 4.68. The fourth-order valence-electron chi connectivity index (χ4n) is 2.73. The first-order chi connectivity index (χ1) is 8.36. The summed E-state index contributed by atoms with van der Waals surface area (Å²) in [7, 11) is 2.05. The molecule has 2 N–H and O–H groups in total. The van der Waals surface area contributed by atoms with E-state index in [1.54, 1.807) is 0 Å². The van der Waals surface area contributed by atoms with Gasteiger partial charge in [-0.05, 0) is 38.1 Å². The number of rotatable bonds is 2. The van der Waals surface area contributed by atoms with Crippen LogP contribution < -0.4 is 5.32 Å². The van der Waals surface area contributed by atoms with E-state index >= 15 is 0 Å². The molecule has 2 aromatic rings. The van der Waals surface area contributed by atoms with Gasteiger partial charge in [0.05, 0.1) is 11.9 Å². The topological polar surface area (TPSA) is 45.6 Å². The van der Waals surface area contributed by atoms with Gasteiger partial charge in [0.15, 0.2) is 0 Å². The van der Waals surface area contributed by atoms with E-state index in [0.29, 0.717) is 5.92 Å². The molecule has 0 aliphatic carbocycles. The highest BCUT2D eigenvalue weighted by atomic mass is 15.3. The molecule has 0 radical (unpaired) electrons. The SMILES string of the molecule is Cn1ncc(-c2ccc[nH]2)c1C1CCNCC1. The first-order valence-corrected chi connectivity index (χ1v) is 6.22. The molecule has 2 aromatic heterocycles. The van der Waals surface area contributed by atoms with Gasteiger partial charge in [0.25, 0.3) is 0 Å². The highest BCUT2D eigenvalue weighted by molar-refractivity contribution is 5.62. The molecule has 3 rings (SSSR count). The van der Waals surface area contributed by atoms with Crippen LogP contribution in [0.3, 0.4) is 0 Å². The fraction of sp³-hybridized carbons (Fsp3) is 0.462. The average molecular weight is 230 g/mol. The second-order valence-corrected chi connectivity index (χ2v) is 4.68. The molecule has 1 fully saturated rings. The Morgan fingerprint density at radius 3 is 2.88 bits per heavy atom. The van der Waals surface area contributed by atoms with Gasteiger partial charge in [-0.3, -0.25) is 4.68 Å². The Labute approximate surface area is 101 Å². The maximum atomic E-state index is 4.42. The van der Waals surface area contributed by atoms with Crippen molar-refractivity contribution in [2.45, 2.75) is 18.8 Å². The van der Waals surface area contributed by atoms with Crippen LogP contribution in [0.1, 0.15) is 24.5 Å². The zero-order valence-electron chi connectivity index (χ0n) is 10.1. The number of H-pyrrole nitrogens is 1. The second kappa shape index (κ2) is 4.37. The van der Waals surface area contributed by atoms with Crippen LogP contribution in [-0.4, -0.2) is 27.9 Å². The maximum absolute atomic E-state index is 4.42. The number of aromatic nitrogens is 3. The molecule has 1 aliphatic heterocycles. The summed E-state index contributed by atoms with van der Waals surface area (Å²) >= 11 is 0. The van der Waals surface area contributed by atoms with Crippen molar-refractivity contribution >= 4 is 0 Å². The van der Waals surface area contributed by atoms with E-state index in [-0.39, 0.29) is 0 Å². The maximum Gasteiger partial charge on any atom is 0.0586 e. The molecule has 0 aromatic carbocycles. The first kappa shape index (κ1) is 10.6. The van der Waals surface area contributed by atoms with Gasteiger partial charge in [0.1, 0.15) is 0 Å². The highest BCUT2D eigenvalue weighted by Gasteiger charge is 2.22.